The smallest absolute Gasteiger partial charge is 0.0217 e. The molecule has 1 fully saturated rings. The highest BCUT2D eigenvalue weighted by atomic mass is 15.1. The van der Waals surface area contributed by atoms with E-state index >= 15 is 0 Å². The molecular formula is C14H30N2. The van der Waals surface area contributed by atoms with Gasteiger partial charge in [0.25, 0.3) is 0 Å². The lowest BCUT2D eigenvalue weighted by atomic mass is 10.0. The number of nitrogens with one attached hydrogen (secondary N) is 1. The second kappa shape index (κ2) is 6.61. The van der Waals surface area contributed by atoms with Crippen molar-refractivity contribution in [3.8, 4) is 0 Å². The van der Waals surface area contributed by atoms with Gasteiger partial charge in [-0.3, -0.25) is 0 Å². The minimum Gasteiger partial charge on any atom is -0.313 e. The Kier molecular flexibility index (Phi) is 5.77. The first-order chi connectivity index (χ1) is 7.49. The number of hydrogen-bond acceptors (Lipinski definition) is 2. The van der Waals surface area contributed by atoms with Gasteiger partial charge in [0, 0.05) is 18.6 Å². The van der Waals surface area contributed by atoms with Gasteiger partial charge in [0.05, 0.1) is 0 Å². The van der Waals surface area contributed by atoms with Crippen LogP contribution in [-0.4, -0.2) is 37.6 Å². The van der Waals surface area contributed by atoms with E-state index in [0.29, 0.717) is 12.1 Å². The highest BCUT2D eigenvalue weighted by Gasteiger charge is 2.23. The van der Waals surface area contributed by atoms with E-state index in [-0.39, 0.29) is 0 Å². The molecule has 0 aromatic carbocycles. The molecule has 1 saturated carbocycles. The van der Waals surface area contributed by atoms with Gasteiger partial charge in [-0.2, -0.15) is 0 Å². The quantitative estimate of drug-likeness (QED) is 0.684. The van der Waals surface area contributed by atoms with Crippen LogP contribution in [0.3, 0.4) is 0 Å². The summed E-state index contributed by atoms with van der Waals surface area (Å²) in [4.78, 5) is 2.36. The third kappa shape index (κ3) is 5.86. The van der Waals surface area contributed by atoms with Gasteiger partial charge in [0.2, 0.25) is 0 Å². The maximum atomic E-state index is 3.70. The molecule has 0 spiro atoms. The standard InChI is InChI=1S/C14H30N2/c1-11(2)8-14(16(4)5)10-15-12(3)9-13-6-7-13/h11-15H,6-10H2,1-5H3. The molecule has 0 aliphatic heterocycles. The fourth-order valence-electron chi connectivity index (χ4n) is 2.29. The molecule has 2 unspecified atom stereocenters. The summed E-state index contributed by atoms with van der Waals surface area (Å²) in [5, 5.41) is 3.70. The molecule has 1 N–H and O–H groups in total. The van der Waals surface area contributed by atoms with Gasteiger partial charge < -0.3 is 10.2 Å². The zero-order valence-electron chi connectivity index (χ0n) is 11.8. The molecule has 2 heteroatoms. The first-order valence-corrected chi connectivity index (χ1v) is 6.88. The predicted octanol–water partition coefficient (Wildman–Crippen LogP) is 2.74. The Balaban J connectivity index is 2.19. The highest BCUT2D eigenvalue weighted by molar-refractivity contribution is 4.79. The van der Waals surface area contributed by atoms with Crippen LogP contribution in [0, 0.1) is 11.8 Å². The summed E-state index contributed by atoms with van der Waals surface area (Å²) >= 11 is 0. The predicted molar refractivity (Wildman–Crippen MR) is 71.7 cm³/mol. The third-order valence-corrected chi connectivity index (χ3v) is 3.56. The summed E-state index contributed by atoms with van der Waals surface area (Å²) in [5.74, 6) is 1.82. The molecule has 0 saturated heterocycles. The number of rotatable bonds is 8. The van der Waals surface area contributed by atoms with E-state index in [1.165, 1.54) is 25.7 Å². The van der Waals surface area contributed by atoms with Gasteiger partial charge in [-0.05, 0) is 45.7 Å². The van der Waals surface area contributed by atoms with Crippen molar-refractivity contribution in [2.75, 3.05) is 20.6 Å². The molecule has 1 aliphatic rings. The van der Waals surface area contributed by atoms with Crippen LogP contribution in [0.5, 0.6) is 0 Å². The van der Waals surface area contributed by atoms with Crippen LogP contribution in [0.15, 0.2) is 0 Å². The molecule has 1 rings (SSSR count). The van der Waals surface area contributed by atoms with E-state index in [1.807, 2.05) is 0 Å². The Labute approximate surface area is 102 Å². The minimum atomic E-state index is 0.682. The van der Waals surface area contributed by atoms with Crippen molar-refractivity contribution < 1.29 is 0 Å². The Morgan fingerprint density at radius 2 is 1.81 bits per heavy atom. The van der Waals surface area contributed by atoms with E-state index in [1.54, 1.807) is 0 Å². The molecule has 0 radical (unpaired) electrons. The van der Waals surface area contributed by atoms with Crippen LogP contribution in [-0.2, 0) is 0 Å². The van der Waals surface area contributed by atoms with Crippen LogP contribution >= 0.6 is 0 Å². The molecular weight excluding hydrogens is 196 g/mol. The third-order valence-electron chi connectivity index (χ3n) is 3.56. The van der Waals surface area contributed by atoms with Crippen molar-refractivity contribution in [1.82, 2.24) is 10.2 Å². The summed E-state index contributed by atoms with van der Waals surface area (Å²) < 4.78 is 0. The van der Waals surface area contributed by atoms with E-state index in [4.69, 9.17) is 0 Å². The monoisotopic (exact) mass is 226 g/mol. The first kappa shape index (κ1) is 14.0. The summed E-state index contributed by atoms with van der Waals surface area (Å²) in [7, 11) is 4.39. The van der Waals surface area contributed by atoms with Crippen molar-refractivity contribution in [2.24, 2.45) is 11.8 Å². The number of hydrogen-bond donors (Lipinski definition) is 1. The van der Waals surface area contributed by atoms with Crippen LogP contribution in [0.25, 0.3) is 0 Å². The van der Waals surface area contributed by atoms with Crippen LogP contribution in [0.1, 0.15) is 46.5 Å². The highest BCUT2D eigenvalue weighted by Crippen LogP contribution is 2.33. The maximum Gasteiger partial charge on any atom is 0.0217 e. The second-order valence-electron chi connectivity index (χ2n) is 6.24. The second-order valence-corrected chi connectivity index (χ2v) is 6.24. The van der Waals surface area contributed by atoms with Crippen LogP contribution in [0.2, 0.25) is 0 Å². The molecule has 96 valence electrons. The zero-order valence-corrected chi connectivity index (χ0v) is 11.8. The van der Waals surface area contributed by atoms with Gasteiger partial charge in [-0.15, -0.1) is 0 Å². The molecule has 0 amide bonds. The minimum absolute atomic E-state index is 0.682. The maximum absolute atomic E-state index is 3.70. The molecule has 0 aromatic heterocycles. The SMILES string of the molecule is CC(C)CC(CNC(C)CC1CC1)N(C)C. The fraction of sp³-hybridized carbons (Fsp3) is 1.00. The lowest BCUT2D eigenvalue weighted by Gasteiger charge is -2.28. The average Bonchev–Trinajstić information content (AvgIpc) is 2.95. The van der Waals surface area contributed by atoms with Crippen molar-refractivity contribution in [1.29, 1.82) is 0 Å². The average molecular weight is 226 g/mol. The molecule has 0 bridgehead atoms. The topological polar surface area (TPSA) is 15.3 Å². The Bertz CT molecular complexity index is 185. The lowest BCUT2D eigenvalue weighted by Crippen LogP contribution is -2.42. The number of nitrogens with zero attached hydrogens (tertiary/aromatic N) is 1. The molecule has 16 heavy (non-hydrogen) atoms. The Morgan fingerprint density at radius 3 is 2.25 bits per heavy atom. The van der Waals surface area contributed by atoms with Gasteiger partial charge >= 0.3 is 0 Å². The van der Waals surface area contributed by atoms with Gasteiger partial charge in [-0.25, -0.2) is 0 Å². The summed E-state index contributed by atoms with van der Waals surface area (Å²) in [6.45, 7) is 8.09. The van der Waals surface area contributed by atoms with E-state index in [0.717, 1.165) is 18.4 Å². The summed E-state index contributed by atoms with van der Waals surface area (Å²) in [6, 6.07) is 1.38. The number of likely N-dealkylation sites (N-methyl/N-ethyl adjacent to an activating group) is 1. The summed E-state index contributed by atoms with van der Waals surface area (Å²) in [6.07, 6.45) is 5.60. The fourth-order valence-corrected chi connectivity index (χ4v) is 2.29. The van der Waals surface area contributed by atoms with Gasteiger partial charge in [0.15, 0.2) is 0 Å². The van der Waals surface area contributed by atoms with Gasteiger partial charge in [-0.1, -0.05) is 26.7 Å². The van der Waals surface area contributed by atoms with E-state index in [2.05, 4.69) is 45.1 Å². The van der Waals surface area contributed by atoms with Crippen molar-refractivity contribution >= 4 is 0 Å². The normalized spacial score (nSPS) is 20.4. The Morgan fingerprint density at radius 1 is 1.19 bits per heavy atom. The van der Waals surface area contributed by atoms with Gasteiger partial charge in [0.1, 0.15) is 0 Å². The van der Waals surface area contributed by atoms with E-state index in [9.17, 15) is 0 Å². The molecule has 1 aliphatic carbocycles. The molecule has 2 atom stereocenters. The van der Waals surface area contributed by atoms with Crippen LogP contribution < -0.4 is 5.32 Å². The molecule has 0 heterocycles. The van der Waals surface area contributed by atoms with Crippen molar-refractivity contribution in [3.63, 3.8) is 0 Å². The lowest BCUT2D eigenvalue weighted by molar-refractivity contribution is 0.239. The van der Waals surface area contributed by atoms with Crippen LogP contribution in [0.4, 0.5) is 0 Å². The first-order valence-electron chi connectivity index (χ1n) is 6.88. The van der Waals surface area contributed by atoms with Crippen molar-refractivity contribution in [2.45, 2.75) is 58.5 Å². The largest absolute Gasteiger partial charge is 0.313 e. The molecule has 2 nitrogen and oxygen atoms in total. The molecule has 0 aromatic rings. The van der Waals surface area contributed by atoms with Crippen molar-refractivity contribution in [3.05, 3.63) is 0 Å². The summed E-state index contributed by atoms with van der Waals surface area (Å²) in [5.41, 5.74) is 0. The van der Waals surface area contributed by atoms with E-state index < -0.39 is 0 Å². The Hall–Kier alpha value is -0.0800. The zero-order chi connectivity index (χ0) is 12.1.